The van der Waals surface area contributed by atoms with Crippen molar-refractivity contribution in [1.29, 1.82) is 0 Å². The molecule has 0 saturated carbocycles. The van der Waals surface area contributed by atoms with Crippen molar-refractivity contribution >= 4 is 17.3 Å². The van der Waals surface area contributed by atoms with Gasteiger partial charge in [-0.1, -0.05) is 91.0 Å². The Kier molecular flexibility index (Phi) is 14.7. The van der Waals surface area contributed by atoms with Crippen molar-refractivity contribution in [3.05, 3.63) is 108 Å². The topological polar surface area (TPSA) is 51.2 Å². The van der Waals surface area contributed by atoms with Crippen molar-refractivity contribution in [1.82, 2.24) is 0 Å². The van der Waals surface area contributed by atoms with Gasteiger partial charge < -0.3 is 14.4 Å². The van der Waals surface area contributed by atoms with Crippen LogP contribution in [-0.4, -0.2) is 17.3 Å². The number of hydrogen-bond donors (Lipinski definition) is 0. The molecular weight excluding hydrogens is 384 g/mol. The van der Waals surface area contributed by atoms with Gasteiger partial charge in [0.05, 0.1) is 0 Å². The summed E-state index contributed by atoms with van der Waals surface area (Å²) in [4.78, 5) is 28.3. The Morgan fingerprint density at radius 3 is 0.742 bits per heavy atom. The summed E-state index contributed by atoms with van der Waals surface area (Å²) in [6.45, 7) is 9.17. The van der Waals surface area contributed by atoms with Gasteiger partial charge in [0.25, 0.3) is 0 Å². The molecule has 0 aromatic heterocycles. The van der Waals surface area contributed by atoms with Gasteiger partial charge in [-0.3, -0.25) is 0 Å². The van der Waals surface area contributed by atoms with E-state index in [4.69, 9.17) is 0 Å². The summed E-state index contributed by atoms with van der Waals surface area (Å²) in [7, 11) is 0. The smallest absolute Gasteiger partial charge is 0.126 e. The highest BCUT2D eigenvalue weighted by atomic mass is 16.1. The lowest BCUT2D eigenvalue weighted by molar-refractivity contribution is -0.115. The van der Waals surface area contributed by atoms with E-state index in [0.29, 0.717) is 5.92 Å². The van der Waals surface area contributed by atoms with Gasteiger partial charge in [0, 0.05) is 5.92 Å². The van der Waals surface area contributed by atoms with Gasteiger partial charge in [0.1, 0.15) is 17.3 Å². The molecule has 0 bridgehead atoms. The Labute approximate surface area is 187 Å². The maximum Gasteiger partial charge on any atom is 0.126 e. The molecule has 3 heteroatoms. The molecule has 0 N–H and O–H groups in total. The first kappa shape index (κ1) is 27.7. The molecule has 3 nitrogen and oxygen atoms in total. The van der Waals surface area contributed by atoms with Crippen LogP contribution in [0.5, 0.6) is 0 Å². The van der Waals surface area contributed by atoms with Crippen LogP contribution >= 0.6 is 0 Å². The molecule has 3 rings (SSSR count). The van der Waals surface area contributed by atoms with Gasteiger partial charge in [-0.25, -0.2) is 0 Å². The Hall–Kier alpha value is -3.33. The number of ketones is 3. The summed E-state index contributed by atoms with van der Waals surface area (Å²) in [5.74, 6) is 0.809. The lowest BCUT2D eigenvalue weighted by Crippen LogP contribution is -2.02. The number of Topliss-reactive ketones (excluding diaryl/α,β-unsaturated/α-hetero) is 3. The van der Waals surface area contributed by atoms with E-state index < -0.39 is 0 Å². The molecule has 0 heterocycles. The monoisotopic (exact) mass is 418 g/mol. The first-order chi connectivity index (χ1) is 14.6. The largest absolute Gasteiger partial charge is 0.300 e. The van der Waals surface area contributed by atoms with E-state index in [1.54, 1.807) is 0 Å². The van der Waals surface area contributed by atoms with Crippen LogP contribution in [0, 0.1) is 0 Å². The van der Waals surface area contributed by atoms with Crippen molar-refractivity contribution < 1.29 is 14.4 Å². The third-order valence-corrected chi connectivity index (χ3v) is 3.40. The number of carbonyl (C=O) groups excluding carboxylic acids is 3. The van der Waals surface area contributed by atoms with Crippen LogP contribution in [0.2, 0.25) is 0 Å². The second kappa shape index (κ2) is 16.5. The van der Waals surface area contributed by atoms with E-state index in [0.717, 1.165) is 0 Å². The Balaban J connectivity index is 0.000000625. The summed E-state index contributed by atoms with van der Waals surface area (Å²) in [6.07, 6.45) is 0. The summed E-state index contributed by atoms with van der Waals surface area (Å²) in [5.41, 5.74) is 4.00. The molecule has 0 unspecified atom stereocenters. The van der Waals surface area contributed by atoms with Crippen LogP contribution < -0.4 is 0 Å². The second-order valence-electron chi connectivity index (χ2n) is 7.39. The molecular formula is C28H34O3. The van der Waals surface area contributed by atoms with Gasteiger partial charge >= 0.3 is 0 Å². The predicted molar refractivity (Wildman–Crippen MR) is 129 cm³/mol. The van der Waals surface area contributed by atoms with Crippen LogP contribution in [0.4, 0.5) is 0 Å². The Morgan fingerprint density at radius 2 is 0.581 bits per heavy atom. The fraction of sp³-hybridized carbons (Fsp3) is 0.250. The van der Waals surface area contributed by atoms with E-state index in [2.05, 4.69) is 91.0 Å². The summed E-state index contributed by atoms with van der Waals surface area (Å²) in [5, 5.41) is 0. The van der Waals surface area contributed by atoms with E-state index in [1.165, 1.54) is 58.2 Å². The average molecular weight is 419 g/mol. The molecule has 0 radical (unpaired) electrons. The molecule has 0 fully saturated rings. The third-order valence-electron chi connectivity index (χ3n) is 3.40. The molecule has 0 aliphatic rings. The minimum atomic E-state index is 0.167. The zero-order chi connectivity index (χ0) is 23.6. The van der Waals surface area contributed by atoms with Crippen LogP contribution in [0.1, 0.15) is 64.2 Å². The number of benzene rings is 3. The van der Waals surface area contributed by atoms with Crippen LogP contribution in [-0.2, 0) is 14.4 Å². The zero-order valence-electron chi connectivity index (χ0n) is 19.5. The summed E-state index contributed by atoms with van der Waals surface area (Å²) < 4.78 is 0. The van der Waals surface area contributed by atoms with Crippen LogP contribution in [0.15, 0.2) is 91.0 Å². The molecule has 0 atom stereocenters. The van der Waals surface area contributed by atoms with E-state index in [9.17, 15) is 14.4 Å². The molecule has 31 heavy (non-hydrogen) atoms. The first-order valence-corrected chi connectivity index (χ1v) is 10.2. The van der Waals surface area contributed by atoms with Crippen LogP contribution in [0.25, 0.3) is 0 Å². The lowest BCUT2D eigenvalue weighted by Gasteiger charge is -2.18. The Bertz CT molecular complexity index is 751. The first-order valence-electron chi connectivity index (χ1n) is 10.2. The second-order valence-corrected chi connectivity index (χ2v) is 7.39. The number of hydrogen-bond acceptors (Lipinski definition) is 3. The van der Waals surface area contributed by atoms with Crippen LogP contribution in [0.3, 0.4) is 0 Å². The zero-order valence-corrected chi connectivity index (χ0v) is 19.5. The van der Waals surface area contributed by atoms with E-state index in [-0.39, 0.29) is 17.3 Å². The normalized spacial score (nSPS) is 9.00. The number of carbonyl (C=O) groups is 3. The van der Waals surface area contributed by atoms with Crippen molar-refractivity contribution in [3.8, 4) is 0 Å². The molecule has 0 aliphatic carbocycles. The maximum absolute atomic E-state index is 9.44. The van der Waals surface area contributed by atoms with Gasteiger partial charge in [0.15, 0.2) is 0 Å². The van der Waals surface area contributed by atoms with Gasteiger partial charge in [-0.15, -0.1) is 0 Å². The average Bonchev–Trinajstić information content (AvgIpc) is 2.69. The van der Waals surface area contributed by atoms with Gasteiger partial charge in [-0.2, -0.15) is 0 Å². The molecule has 0 amide bonds. The molecule has 164 valence electrons. The fourth-order valence-corrected chi connectivity index (χ4v) is 2.51. The number of rotatable bonds is 3. The van der Waals surface area contributed by atoms with Gasteiger partial charge in [0.2, 0.25) is 0 Å². The van der Waals surface area contributed by atoms with Crippen molar-refractivity contribution in [2.24, 2.45) is 0 Å². The highest BCUT2D eigenvalue weighted by molar-refractivity contribution is 5.72. The molecule has 0 aliphatic heterocycles. The van der Waals surface area contributed by atoms with Crippen molar-refractivity contribution in [2.75, 3.05) is 0 Å². The summed E-state index contributed by atoms with van der Waals surface area (Å²) >= 11 is 0. The Morgan fingerprint density at radius 1 is 0.419 bits per heavy atom. The maximum atomic E-state index is 9.44. The van der Waals surface area contributed by atoms with E-state index in [1.807, 2.05) is 0 Å². The quantitative estimate of drug-likeness (QED) is 0.447. The molecule has 3 aromatic rings. The standard InChI is InChI=1S/C19H16.3C3H6O/c1-4-10-16(11-5-1)19(17-12-6-2-7-13-17)18-14-8-3-9-15-18;3*1-3(2)4/h1-15,19H;3*1-2H3. The summed E-state index contributed by atoms with van der Waals surface area (Å²) in [6, 6.07) is 32.0. The highest BCUT2D eigenvalue weighted by Crippen LogP contribution is 2.31. The molecule has 0 saturated heterocycles. The lowest BCUT2D eigenvalue weighted by atomic mass is 9.85. The fourth-order valence-electron chi connectivity index (χ4n) is 2.51. The SMILES string of the molecule is CC(C)=O.CC(C)=O.CC(C)=O.c1ccc(C(c2ccccc2)c2ccccc2)cc1. The molecule has 3 aromatic carbocycles. The predicted octanol–water partition coefficient (Wildman–Crippen LogP) is 6.65. The van der Waals surface area contributed by atoms with Crippen molar-refractivity contribution in [3.63, 3.8) is 0 Å². The minimum Gasteiger partial charge on any atom is -0.300 e. The van der Waals surface area contributed by atoms with Crippen molar-refractivity contribution in [2.45, 2.75) is 47.5 Å². The van der Waals surface area contributed by atoms with Gasteiger partial charge in [-0.05, 0) is 58.2 Å². The minimum absolute atomic E-state index is 0.167. The highest BCUT2D eigenvalue weighted by Gasteiger charge is 2.15. The third kappa shape index (κ3) is 15.2. The molecule has 0 spiro atoms. The van der Waals surface area contributed by atoms with E-state index >= 15 is 0 Å².